The molecule has 0 atom stereocenters. The molecule has 0 saturated heterocycles. The molecule has 0 radical (unpaired) electrons. The Morgan fingerprint density at radius 1 is 1.54 bits per heavy atom. The van der Waals surface area contributed by atoms with Crippen molar-refractivity contribution < 1.29 is 19.1 Å². The molecule has 0 bridgehead atoms. The fraction of sp³-hybridized carbons (Fsp3) is 0. The molecule has 0 aliphatic heterocycles. The van der Waals surface area contributed by atoms with Crippen molar-refractivity contribution in [2.45, 2.75) is 0 Å². The van der Waals surface area contributed by atoms with Crippen molar-refractivity contribution in [2.75, 3.05) is 0 Å². The van der Waals surface area contributed by atoms with Gasteiger partial charge in [-0.3, -0.25) is 4.79 Å². The number of carbonyl (C=O) groups is 2. The molecule has 0 aliphatic carbocycles. The zero-order valence-corrected chi connectivity index (χ0v) is 7.01. The van der Waals surface area contributed by atoms with E-state index in [-0.39, 0.29) is 11.3 Å². The first-order valence-corrected chi connectivity index (χ1v) is 3.62. The van der Waals surface area contributed by atoms with Crippen LogP contribution >= 0.6 is 11.6 Å². The maximum absolute atomic E-state index is 12.8. The Morgan fingerprint density at radius 2 is 2.15 bits per heavy atom. The fourth-order valence-corrected chi connectivity index (χ4v) is 1.15. The minimum Gasteiger partial charge on any atom is -0.478 e. The predicted octanol–water partition coefficient (Wildman–Crippen LogP) is 1.99. The van der Waals surface area contributed by atoms with Crippen LogP contribution in [0.15, 0.2) is 12.1 Å². The molecule has 0 fully saturated rings. The third-order valence-corrected chi connectivity index (χ3v) is 1.79. The topological polar surface area (TPSA) is 54.4 Å². The van der Waals surface area contributed by atoms with Crippen LogP contribution in [-0.2, 0) is 0 Å². The third kappa shape index (κ3) is 1.67. The molecule has 13 heavy (non-hydrogen) atoms. The van der Waals surface area contributed by atoms with Crippen molar-refractivity contribution in [3.05, 3.63) is 34.1 Å². The number of hydrogen-bond acceptors (Lipinski definition) is 2. The number of halogens is 2. The lowest BCUT2D eigenvalue weighted by molar-refractivity contribution is 0.0693. The Balaban J connectivity index is 3.52. The second-order valence-electron chi connectivity index (χ2n) is 2.24. The standard InChI is InChI=1S/C8H4ClFO3/c9-5-1-2-6(10)4(3-11)7(5)8(12)13/h1-3H,(H,12,13). The van der Waals surface area contributed by atoms with Crippen molar-refractivity contribution in [1.82, 2.24) is 0 Å². The number of carboxylic acids is 1. The highest BCUT2D eigenvalue weighted by atomic mass is 35.5. The molecule has 0 heterocycles. The van der Waals surface area contributed by atoms with Crippen LogP contribution in [-0.4, -0.2) is 17.4 Å². The van der Waals surface area contributed by atoms with Crippen LogP contribution in [0.5, 0.6) is 0 Å². The zero-order chi connectivity index (χ0) is 10.0. The summed E-state index contributed by atoms with van der Waals surface area (Å²) in [4.78, 5) is 20.9. The highest BCUT2D eigenvalue weighted by Gasteiger charge is 2.17. The number of carbonyl (C=O) groups excluding carboxylic acids is 1. The van der Waals surface area contributed by atoms with Gasteiger partial charge in [-0.2, -0.15) is 0 Å². The minimum absolute atomic E-state index is 0.130. The first-order chi connectivity index (χ1) is 6.07. The van der Waals surface area contributed by atoms with Crippen LogP contribution in [0.1, 0.15) is 20.7 Å². The quantitative estimate of drug-likeness (QED) is 0.747. The van der Waals surface area contributed by atoms with Gasteiger partial charge in [-0.25, -0.2) is 9.18 Å². The van der Waals surface area contributed by atoms with Crippen LogP contribution in [0.4, 0.5) is 4.39 Å². The summed E-state index contributed by atoms with van der Waals surface area (Å²) in [6, 6.07) is 2.03. The molecule has 68 valence electrons. The van der Waals surface area contributed by atoms with Crippen molar-refractivity contribution in [1.29, 1.82) is 0 Å². The van der Waals surface area contributed by atoms with Gasteiger partial charge in [-0.05, 0) is 12.1 Å². The summed E-state index contributed by atoms with van der Waals surface area (Å²) in [6.45, 7) is 0. The molecule has 1 rings (SSSR count). The van der Waals surface area contributed by atoms with Crippen molar-refractivity contribution in [3.63, 3.8) is 0 Å². The van der Waals surface area contributed by atoms with Crippen LogP contribution in [0, 0.1) is 5.82 Å². The highest BCUT2D eigenvalue weighted by Crippen LogP contribution is 2.21. The van der Waals surface area contributed by atoms with Crippen LogP contribution in [0.2, 0.25) is 5.02 Å². The lowest BCUT2D eigenvalue weighted by Crippen LogP contribution is -2.05. The molecule has 0 unspecified atom stereocenters. The van der Waals surface area contributed by atoms with Crippen molar-refractivity contribution in [3.8, 4) is 0 Å². The fourth-order valence-electron chi connectivity index (χ4n) is 0.900. The molecule has 0 aromatic heterocycles. The molecule has 0 spiro atoms. The first kappa shape index (κ1) is 9.67. The lowest BCUT2D eigenvalue weighted by Gasteiger charge is -2.02. The lowest BCUT2D eigenvalue weighted by atomic mass is 10.1. The van der Waals surface area contributed by atoms with Gasteiger partial charge < -0.3 is 5.11 Å². The van der Waals surface area contributed by atoms with E-state index in [0.717, 1.165) is 12.1 Å². The Kier molecular flexibility index (Phi) is 2.63. The molecule has 1 aromatic rings. The molecule has 5 heteroatoms. The highest BCUT2D eigenvalue weighted by molar-refractivity contribution is 6.34. The Hall–Kier alpha value is -1.42. The van der Waals surface area contributed by atoms with Gasteiger partial charge in [0.25, 0.3) is 0 Å². The van der Waals surface area contributed by atoms with E-state index in [1.807, 2.05) is 0 Å². The summed E-state index contributed by atoms with van der Waals surface area (Å²) >= 11 is 5.47. The molecule has 1 N–H and O–H groups in total. The second kappa shape index (κ2) is 3.53. The van der Waals surface area contributed by atoms with Gasteiger partial charge in [0, 0.05) is 0 Å². The number of hydrogen-bond donors (Lipinski definition) is 1. The minimum atomic E-state index is -1.42. The van der Waals surface area contributed by atoms with Crippen molar-refractivity contribution >= 4 is 23.9 Å². The molecule has 1 aromatic carbocycles. The summed E-state index contributed by atoms with van der Waals surface area (Å²) in [5, 5.41) is 8.44. The van der Waals surface area contributed by atoms with Crippen LogP contribution in [0.3, 0.4) is 0 Å². The maximum atomic E-state index is 12.8. The first-order valence-electron chi connectivity index (χ1n) is 3.24. The molecular formula is C8H4ClFO3. The van der Waals surface area contributed by atoms with E-state index in [1.54, 1.807) is 0 Å². The Morgan fingerprint density at radius 3 is 2.54 bits per heavy atom. The van der Waals surface area contributed by atoms with E-state index in [0.29, 0.717) is 0 Å². The summed E-state index contributed by atoms with van der Waals surface area (Å²) in [5.74, 6) is -2.32. The molecule has 0 amide bonds. The van der Waals surface area contributed by atoms with Gasteiger partial charge in [0.2, 0.25) is 0 Å². The van der Waals surface area contributed by atoms with Gasteiger partial charge in [-0.1, -0.05) is 11.6 Å². The van der Waals surface area contributed by atoms with Gasteiger partial charge in [-0.15, -0.1) is 0 Å². The number of benzene rings is 1. The zero-order valence-electron chi connectivity index (χ0n) is 6.25. The van der Waals surface area contributed by atoms with Crippen LogP contribution < -0.4 is 0 Å². The van der Waals surface area contributed by atoms with Gasteiger partial charge >= 0.3 is 5.97 Å². The van der Waals surface area contributed by atoms with E-state index >= 15 is 0 Å². The normalized spacial score (nSPS) is 9.69. The predicted molar refractivity (Wildman–Crippen MR) is 43.8 cm³/mol. The van der Waals surface area contributed by atoms with Gasteiger partial charge in [0.1, 0.15) is 5.82 Å². The largest absolute Gasteiger partial charge is 0.478 e. The Labute approximate surface area is 77.7 Å². The average Bonchev–Trinajstić information content (AvgIpc) is 2.07. The van der Waals surface area contributed by atoms with E-state index in [2.05, 4.69) is 0 Å². The number of aldehydes is 1. The van der Waals surface area contributed by atoms with Crippen LogP contribution in [0.25, 0.3) is 0 Å². The summed E-state index contributed by atoms with van der Waals surface area (Å²) in [5.41, 5.74) is -1.03. The monoisotopic (exact) mass is 202 g/mol. The summed E-state index contributed by atoms with van der Waals surface area (Å²) in [6.07, 6.45) is 0.130. The van der Waals surface area contributed by atoms with E-state index in [4.69, 9.17) is 16.7 Å². The number of aromatic carboxylic acids is 1. The van der Waals surface area contributed by atoms with E-state index in [9.17, 15) is 14.0 Å². The van der Waals surface area contributed by atoms with E-state index < -0.39 is 22.9 Å². The smallest absolute Gasteiger partial charge is 0.338 e. The number of carboxylic acid groups (broad SMARTS) is 1. The summed E-state index contributed by atoms with van der Waals surface area (Å²) in [7, 11) is 0. The molecule has 3 nitrogen and oxygen atoms in total. The maximum Gasteiger partial charge on any atom is 0.338 e. The molecular weight excluding hydrogens is 199 g/mol. The molecule has 0 saturated carbocycles. The van der Waals surface area contributed by atoms with Crippen molar-refractivity contribution in [2.24, 2.45) is 0 Å². The average molecular weight is 203 g/mol. The summed E-state index contributed by atoms with van der Waals surface area (Å²) < 4.78 is 12.8. The molecule has 0 aliphatic rings. The van der Waals surface area contributed by atoms with Gasteiger partial charge in [0.05, 0.1) is 16.1 Å². The second-order valence-corrected chi connectivity index (χ2v) is 2.65. The third-order valence-electron chi connectivity index (χ3n) is 1.47. The van der Waals surface area contributed by atoms with Gasteiger partial charge in [0.15, 0.2) is 6.29 Å². The van der Waals surface area contributed by atoms with E-state index in [1.165, 1.54) is 0 Å². The number of rotatable bonds is 2. The Bertz CT molecular complexity index is 376. The SMILES string of the molecule is O=Cc1c(F)ccc(Cl)c1C(=O)O.